The van der Waals surface area contributed by atoms with E-state index in [1.165, 1.54) is 101 Å². The smallest absolute Gasteiger partial charge is 0.109 e. The van der Waals surface area contributed by atoms with Crippen molar-refractivity contribution in [1.82, 2.24) is 0 Å². The Morgan fingerprint density at radius 3 is 0.918 bits per heavy atom. The van der Waals surface area contributed by atoms with E-state index in [0.717, 1.165) is 0 Å². The Morgan fingerprint density at radius 1 is 0.361 bits per heavy atom. The van der Waals surface area contributed by atoms with Crippen LogP contribution in [0.4, 0.5) is 0 Å². The molecule has 0 aliphatic carbocycles. The molecule has 0 rings (SSSR count). The van der Waals surface area contributed by atoms with Gasteiger partial charge in [-0.1, -0.05) is 165 Å². The minimum Gasteiger partial charge on any atom is -0.133 e. The largest absolute Gasteiger partial charge is 0.133 e. The van der Waals surface area contributed by atoms with Gasteiger partial charge in [0.1, 0.15) is 13.6 Å². The fraction of sp³-hybridized carbons (Fsp3) is 1.00. The second-order valence-corrected chi connectivity index (χ2v) is 43.8. The molecule has 0 aliphatic heterocycles. The summed E-state index contributed by atoms with van der Waals surface area (Å²) in [7, 11) is 0. The van der Waals surface area contributed by atoms with E-state index in [1.54, 1.807) is 0 Å². The zero-order chi connectivity index (χ0) is 47.4. The van der Waals surface area contributed by atoms with Gasteiger partial charge in [-0.3, -0.25) is 0 Å². The number of unbranched alkanes of at least 4 members (excludes halogenated alkanes) is 2. The third kappa shape index (κ3) is 29.0. The van der Waals surface area contributed by atoms with E-state index in [-0.39, 0.29) is 32.6 Å². The zero-order valence-electron chi connectivity index (χ0n) is 44.1. The number of hydrogen-bond acceptors (Lipinski definition) is 11. The summed E-state index contributed by atoms with van der Waals surface area (Å²) >= 11 is 25.6. The number of hydrogen-bond donors (Lipinski definition) is 0. The average Bonchev–Trinajstić information content (AvgIpc) is 3.09. The molecule has 6 unspecified atom stereocenters. The van der Waals surface area contributed by atoms with Crippen LogP contribution < -0.4 is 0 Å². The van der Waals surface area contributed by atoms with E-state index >= 15 is 0 Å². The van der Waals surface area contributed by atoms with Crippen molar-refractivity contribution in [3.8, 4) is 0 Å². The van der Waals surface area contributed by atoms with Gasteiger partial charge in [-0.25, -0.2) is 0 Å². The molecule has 0 aromatic rings. The van der Waals surface area contributed by atoms with Gasteiger partial charge in [0.15, 0.2) is 0 Å². The van der Waals surface area contributed by atoms with E-state index in [9.17, 15) is 0 Å². The highest BCUT2D eigenvalue weighted by Gasteiger charge is 2.48. The molecule has 0 heterocycles. The van der Waals surface area contributed by atoms with Crippen molar-refractivity contribution in [3.63, 3.8) is 0 Å². The predicted octanol–water partition coefficient (Wildman–Crippen LogP) is 22.0. The first kappa shape index (κ1) is 64.8. The number of rotatable bonds is 36. The Hall–Kier alpha value is 3.85. The van der Waals surface area contributed by atoms with Crippen molar-refractivity contribution in [2.75, 3.05) is 11.5 Å². The first-order valence-electron chi connectivity index (χ1n) is 24.4. The molecule has 0 bridgehead atoms. The molecule has 0 aliphatic rings. The van der Waals surface area contributed by atoms with Crippen LogP contribution in [0.1, 0.15) is 242 Å². The summed E-state index contributed by atoms with van der Waals surface area (Å²) in [4.78, 5) is 0. The molecular formula is C50H102S11. The topological polar surface area (TPSA) is 0 Å². The summed E-state index contributed by atoms with van der Waals surface area (Å²) in [6.45, 7) is 54.1. The molecule has 368 valence electrons. The fourth-order valence-electron chi connectivity index (χ4n) is 6.44. The second kappa shape index (κ2) is 30.6. The summed E-state index contributed by atoms with van der Waals surface area (Å²) in [5, 5.41) is 2.45. The van der Waals surface area contributed by atoms with Crippen LogP contribution in [-0.2, 0) is 0 Å². The van der Waals surface area contributed by atoms with Gasteiger partial charge in [0.2, 0.25) is 0 Å². The lowest BCUT2D eigenvalue weighted by molar-refractivity contribution is 0.663. The van der Waals surface area contributed by atoms with E-state index in [4.69, 9.17) is 0 Å². The lowest BCUT2D eigenvalue weighted by atomic mass is 10.1. The maximum absolute atomic E-state index is 2.50. The highest BCUT2D eigenvalue weighted by molar-refractivity contribution is 8.43. The van der Waals surface area contributed by atoms with Crippen LogP contribution in [0.3, 0.4) is 0 Å². The molecule has 0 saturated heterocycles. The highest BCUT2D eigenvalue weighted by Crippen LogP contribution is 2.67. The standard InChI is InChI=1S/C50H102S11/c1-23-29-37-51-47(53-39(7)8,33-31-35-49(55-41(11)25-3,57-43(13,14)15)59-45(19,20)27-5)61-48(54-40(9)10,52-38-30-24-2)34-32-36-50(56-42(12)26-4,58-44(16,17)18)60-46(21,22)28-6/h39-42H,23-38H2,1-22H3. The summed E-state index contributed by atoms with van der Waals surface area (Å²) in [5.41, 5.74) is 0. The third-order valence-electron chi connectivity index (χ3n) is 10.1. The molecule has 0 aromatic carbocycles. The summed E-state index contributed by atoms with van der Waals surface area (Å²) in [6, 6.07) is 0. The predicted molar refractivity (Wildman–Crippen MR) is 320 cm³/mol. The van der Waals surface area contributed by atoms with Crippen LogP contribution >= 0.6 is 129 Å². The monoisotopic (exact) mass is 1050 g/mol. The molecule has 0 amide bonds. The summed E-state index contributed by atoms with van der Waals surface area (Å²) < 4.78 is 1.35. The Labute approximate surface area is 432 Å². The first-order chi connectivity index (χ1) is 27.9. The van der Waals surface area contributed by atoms with Crippen LogP contribution in [0.15, 0.2) is 0 Å². The Kier molecular flexibility index (Phi) is 32.5. The molecule has 0 spiro atoms. The van der Waals surface area contributed by atoms with Crippen LogP contribution in [0.2, 0.25) is 0 Å². The third-order valence-corrected chi connectivity index (χ3v) is 29.8. The van der Waals surface area contributed by atoms with Gasteiger partial charge in [-0.05, 0) is 88.6 Å². The normalized spacial score (nSPS) is 18.5. The molecule has 0 fully saturated rings. The molecule has 11 heteroatoms. The maximum atomic E-state index is 2.50. The molecule has 0 aromatic heterocycles. The van der Waals surface area contributed by atoms with Crippen molar-refractivity contribution in [2.45, 2.75) is 296 Å². The van der Waals surface area contributed by atoms with E-state index in [1.807, 2.05) is 0 Å². The van der Waals surface area contributed by atoms with Gasteiger partial charge in [-0.15, -0.1) is 129 Å². The van der Waals surface area contributed by atoms with Crippen LogP contribution in [0.5, 0.6) is 0 Å². The Balaban J connectivity index is 7.61. The zero-order valence-corrected chi connectivity index (χ0v) is 53.1. The van der Waals surface area contributed by atoms with Crippen LogP contribution in [0, 0.1) is 0 Å². The van der Waals surface area contributed by atoms with Crippen LogP contribution in [0.25, 0.3) is 0 Å². The molecule has 0 nitrogen and oxygen atoms in total. The minimum atomic E-state index is 0.107. The van der Waals surface area contributed by atoms with Gasteiger partial charge in [0.05, 0.1) is 0 Å². The van der Waals surface area contributed by atoms with Crippen molar-refractivity contribution >= 4 is 129 Å². The maximum Gasteiger partial charge on any atom is 0.109 e. The van der Waals surface area contributed by atoms with Crippen molar-refractivity contribution < 1.29 is 0 Å². The fourth-order valence-corrected chi connectivity index (χ4v) is 34.2. The van der Waals surface area contributed by atoms with Crippen LogP contribution in [-0.4, -0.2) is 65.1 Å². The van der Waals surface area contributed by atoms with E-state index in [2.05, 4.69) is 282 Å². The molecular weight excluding hydrogens is 953 g/mol. The molecule has 0 saturated carbocycles. The van der Waals surface area contributed by atoms with Gasteiger partial charge in [0.25, 0.3) is 0 Å². The first-order valence-corrected chi connectivity index (χ1v) is 34.0. The number of thioether (sulfide) groups is 11. The van der Waals surface area contributed by atoms with Crippen molar-refractivity contribution in [3.05, 3.63) is 0 Å². The van der Waals surface area contributed by atoms with Gasteiger partial charge < -0.3 is 0 Å². The van der Waals surface area contributed by atoms with Gasteiger partial charge >= 0.3 is 0 Å². The molecule has 0 N–H and O–H groups in total. The van der Waals surface area contributed by atoms with Gasteiger partial charge in [-0.2, -0.15) is 0 Å². The lowest BCUT2D eigenvalue weighted by Gasteiger charge is -2.46. The Bertz CT molecular complexity index is 1050. The molecule has 6 atom stereocenters. The summed E-state index contributed by atoms with van der Waals surface area (Å²) in [6.07, 6.45) is 17.6. The second-order valence-electron chi connectivity index (χ2n) is 20.8. The lowest BCUT2D eigenvalue weighted by Crippen LogP contribution is -2.34. The Morgan fingerprint density at radius 2 is 0.672 bits per heavy atom. The summed E-state index contributed by atoms with van der Waals surface area (Å²) in [5.74, 6) is 2.51. The SMILES string of the molecule is CCCCSC(CCCC(SC(C)CC)(SC(C)(C)C)SC(C)(C)CC)(SC(C)C)SC(CCCC(SC(C)CC)(SC(C)(C)C)SC(C)(C)CC)(SCCCC)SC(C)C. The quantitative estimate of drug-likeness (QED) is 0.0435. The van der Waals surface area contributed by atoms with E-state index < -0.39 is 0 Å². The van der Waals surface area contributed by atoms with Gasteiger partial charge in [0, 0.05) is 40.0 Å². The highest BCUT2D eigenvalue weighted by atomic mass is 32.3. The molecule has 0 radical (unpaired) electrons. The van der Waals surface area contributed by atoms with Crippen molar-refractivity contribution in [1.29, 1.82) is 0 Å². The minimum absolute atomic E-state index is 0.107. The molecule has 61 heavy (non-hydrogen) atoms. The van der Waals surface area contributed by atoms with Crippen molar-refractivity contribution in [2.24, 2.45) is 0 Å². The van der Waals surface area contributed by atoms with E-state index in [0.29, 0.717) is 21.0 Å². The average molecular weight is 1060 g/mol.